The van der Waals surface area contributed by atoms with Crippen LogP contribution in [0.1, 0.15) is 20.8 Å². The molecule has 88 valence electrons. The molecular weight excluding hydrogens is 204 g/mol. The highest BCUT2D eigenvalue weighted by molar-refractivity contribution is 5.78. The zero-order valence-corrected chi connectivity index (χ0v) is 9.15. The lowest BCUT2D eigenvalue weighted by molar-refractivity contribution is -0.192. The molecule has 0 fully saturated rings. The van der Waals surface area contributed by atoms with Crippen LogP contribution in [0.5, 0.6) is 0 Å². The average Bonchev–Trinajstić information content (AvgIpc) is 2.18. The van der Waals surface area contributed by atoms with Gasteiger partial charge in [-0.2, -0.15) is 0 Å². The van der Waals surface area contributed by atoms with E-state index in [0.717, 1.165) is 0 Å². The molecule has 0 saturated heterocycles. The van der Waals surface area contributed by atoms with Crippen molar-refractivity contribution >= 4 is 12.4 Å². The smallest absolute Gasteiger partial charge is 0.340 e. The molecule has 0 rings (SSSR count). The van der Waals surface area contributed by atoms with Crippen LogP contribution in [-0.4, -0.2) is 38.2 Å². The van der Waals surface area contributed by atoms with E-state index in [1.165, 1.54) is 13.8 Å². The lowest BCUT2D eigenvalue weighted by Gasteiger charge is -2.22. The molecule has 15 heavy (non-hydrogen) atoms. The summed E-state index contributed by atoms with van der Waals surface area (Å²) in [5.74, 6) is -0.621. The van der Waals surface area contributed by atoms with Crippen molar-refractivity contribution in [1.29, 1.82) is 0 Å². The first kappa shape index (κ1) is 13.9. The Hall–Kier alpha value is -1.14. The summed E-state index contributed by atoms with van der Waals surface area (Å²) in [7, 11) is 0. The topological polar surface area (TPSA) is 71.1 Å². The number of hydrogen-bond acceptors (Lipinski definition) is 6. The van der Waals surface area contributed by atoms with Gasteiger partial charge in [0.1, 0.15) is 6.79 Å². The van der Waals surface area contributed by atoms with Crippen LogP contribution < -0.4 is 0 Å². The van der Waals surface area contributed by atoms with Gasteiger partial charge in [0.25, 0.3) is 6.47 Å². The fourth-order valence-corrected chi connectivity index (χ4v) is 0.620. The van der Waals surface area contributed by atoms with Gasteiger partial charge in [-0.25, -0.2) is 4.79 Å². The van der Waals surface area contributed by atoms with Crippen LogP contribution in [0.2, 0.25) is 0 Å². The Bertz CT molecular complexity index is 201. The van der Waals surface area contributed by atoms with Gasteiger partial charge in [-0.3, -0.25) is 4.79 Å². The Morgan fingerprint density at radius 1 is 1.33 bits per heavy atom. The SMILES string of the molecule is CCOCOC(C)(C)C(=O)OCOC=O. The number of carbonyl (C=O) groups excluding carboxylic acids is 2. The molecule has 6 heteroatoms. The zero-order valence-electron chi connectivity index (χ0n) is 9.15. The van der Waals surface area contributed by atoms with Gasteiger partial charge >= 0.3 is 5.97 Å². The molecule has 0 unspecified atom stereocenters. The van der Waals surface area contributed by atoms with E-state index in [1.807, 2.05) is 6.92 Å². The van der Waals surface area contributed by atoms with Gasteiger partial charge < -0.3 is 18.9 Å². The maximum absolute atomic E-state index is 11.3. The molecule has 0 aliphatic rings. The lowest BCUT2D eigenvalue weighted by atomic mass is 10.1. The van der Waals surface area contributed by atoms with Gasteiger partial charge in [0, 0.05) is 6.61 Å². The van der Waals surface area contributed by atoms with Crippen molar-refractivity contribution in [3.05, 3.63) is 0 Å². The van der Waals surface area contributed by atoms with Gasteiger partial charge in [-0.15, -0.1) is 0 Å². The third-order valence-corrected chi connectivity index (χ3v) is 1.52. The predicted molar refractivity (Wildman–Crippen MR) is 49.8 cm³/mol. The second-order valence-corrected chi connectivity index (χ2v) is 3.08. The Morgan fingerprint density at radius 2 is 2.00 bits per heavy atom. The molecule has 6 nitrogen and oxygen atoms in total. The summed E-state index contributed by atoms with van der Waals surface area (Å²) < 4.78 is 18.9. The first-order valence-corrected chi connectivity index (χ1v) is 4.48. The molecule has 0 N–H and O–H groups in total. The minimum Gasteiger partial charge on any atom is -0.430 e. The molecule has 0 aliphatic carbocycles. The molecule has 0 spiro atoms. The van der Waals surface area contributed by atoms with Crippen molar-refractivity contribution in [3.8, 4) is 0 Å². The first-order valence-electron chi connectivity index (χ1n) is 4.48. The molecule has 0 aromatic heterocycles. The van der Waals surface area contributed by atoms with Gasteiger partial charge in [0.2, 0.25) is 6.79 Å². The standard InChI is InChI=1S/C9H16O6/c1-4-12-7-15-9(2,3)8(11)14-6-13-5-10/h5H,4,6-7H2,1-3H3. The third-order valence-electron chi connectivity index (χ3n) is 1.52. The molecule has 0 amide bonds. The highest BCUT2D eigenvalue weighted by Crippen LogP contribution is 2.11. The minimum atomic E-state index is -1.12. The molecule has 0 radical (unpaired) electrons. The molecule has 0 aromatic rings. The second-order valence-electron chi connectivity index (χ2n) is 3.08. The summed E-state index contributed by atoms with van der Waals surface area (Å²) in [6, 6.07) is 0. The van der Waals surface area contributed by atoms with Crippen LogP contribution in [-0.2, 0) is 28.5 Å². The largest absolute Gasteiger partial charge is 0.430 e. The highest BCUT2D eigenvalue weighted by Gasteiger charge is 2.30. The van der Waals surface area contributed by atoms with Crippen molar-refractivity contribution in [1.82, 2.24) is 0 Å². The summed E-state index contributed by atoms with van der Waals surface area (Å²) in [5, 5.41) is 0. The van der Waals surface area contributed by atoms with Crippen LogP contribution in [0, 0.1) is 0 Å². The summed E-state index contributed by atoms with van der Waals surface area (Å²) in [6.45, 7) is 5.18. The Labute approximate surface area is 88.4 Å². The van der Waals surface area contributed by atoms with Crippen molar-refractivity contribution < 1.29 is 28.5 Å². The molecule has 0 aliphatic heterocycles. The van der Waals surface area contributed by atoms with E-state index in [9.17, 15) is 9.59 Å². The summed E-state index contributed by atoms with van der Waals surface area (Å²) in [4.78, 5) is 21.1. The molecule has 0 aromatic carbocycles. The van der Waals surface area contributed by atoms with Gasteiger partial charge in [0.05, 0.1) is 0 Å². The van der Waals surface area contributed by atoms with Gasteiger partial charge in [-0.1, -0.05) is 0 Å². The molecule has 0 bridgehead atoms. The quantitative estimate of drug-likeness (QED) is 0.256. The number of esters is 1. The normalized spacial score (nSPS) is 10.9. The maximum Gasteiger partial charge on any atom is 0.340 e. The first-order chi connectivity index (χ1) is 7.04. The number of ether oxygens (including phenoxy) is 4. The second kappa shape index (κ2) is 7.19. The monoisotopic (exact) mass is 220 g/mol. The zero-order chi connectivity index (χ0) is 11.7. The van der Waals surface area contributed by atoms with Crippen molar-refractivity contribution in [2.24, 2.45) is 0 Å². The van der Waals surface area contributed by atoms with Crippen LogP contribution in [0.4, 0.5) is 0 Å². The summed E-state index contributed by atoms with van der Waals surface area (Å²) >= 11 is 0. The van der Waals surface area contributed by atoms with Crippen molar-refractivity contribution in [2.75, 3.05) is 20.2 Å². The van der Waals surface area contributed by atoms with Crippen LogP contribution in [0.15, 0.2) is 0 Å². The van der Waals surface area contributed by atoms with Crippen LogP contribution >= 0.6 is 0 Å². The average molecular weight is 220 g/mol. The third kappa shape index (κ3) is 6.03. The van der Waals surface area contributed by atoms with Crippen molar-refractivity contribution in [3.63, 3.8) is 0 Å². The molecule has 0 saturated carbocycles. The van der Waals surface area contributed by atoms with E-state index in [-0.39, 0.29) is 13.3 Å². The Kier molecular flexibility index (Phi) is 6.64. The van der Waals surface area contributed by atoms with Crippen LogP contribution in [0.3, 0.4) is 0 Å². The van der Waals surface area contributed by atoms with Gasteiger partial charge in [0.15, 0.2) is 5.60 Å². The van der Waals surface area contributed by atoms with E-state index >= 15 is 0 Å². The van der Waals surface area contributed by atoms with E-state index in [1.54, 1.807) is 0 Å². The maximum atomic E-state index is 11.3. The van der Waals surface area contributed by atoms with Crippen LogP contribution in [0.25, 0.3) is 0 Å². The summed E-state index contributed by atoms with van der Waals surface area (Å²) in [6.07, 6.45) is 0. The number of hydrogen-bond donors (Lipinski definition) is 0. The number of rotatable bonds is 8. The van der Waals surface area contributed by atoms with Crippen molar-refractivity contribution in [2.45, 2.75) is 26.4 Å². The fourth-order valence-electron chi connectivity index (χ4n) is 0.620. The van der Waals surface area contributed by atoms with E-state index < -0.39 is 18.4 Å². The number of carbonyl (C=O) groups is 2. The molecule has 0 atom stereocenters. The van der Waals surface area contributed by atoms with Gasteiger partial charge in [-0.05, 0) is 20.8 Å². The highest BCUT2D eigenvalue weighted by atomic mass is 16.7. The molecular formula is C9H16O6. The summed E-state index contributed by atoms with van der Waals surface area (Å²) in [5.41, 5.74) is -1.12. The lowest BCUT2D eigenvalue weighted by Crippen LogP contribution is -2.37. The predicted octanol–water partition coefficient (Wildman–Crippen LogP) is 0.449. The Balaban J connectivity index is 3.85. The molecule has 0 heterocycles. The Morgan fingerprint density at radius 3 is 2.53 bits per heavy atom. The fraction of sp³-hybridized carbons (Fsp3) is 0.778. The van der Waals surface area contributed by atoms with E-state index in [0.29, 0.717) is 6.61 Å². The minimum absolute atomic E-state index is 0.00708. The van der Waals surface area contributed by atoms with E-state index in [4.69, 9.17) is 9.47 Å². The van der Waals surface area contributed by atoms with E-state index in [2.05, 4.69) is 9.47 Å².